The Balaban J connectivity index is 1.48. The Bertz CT molecular complexity index is 1330. The molecular formula is C27H32FN5O3. The van der Waals surface area contributed by atoms with E-state index in [2.05, 4.69) is 20.3 Å². The Labute approximate surface area is 209 Å². The van der Waals surface area contributed by atoms with Crippen LogP contribution in [0.15, 0.2) is 18.5 Å². The number of hydrogen-bond acceptors (Lipinski definition) is 5. The first kappa shape index (κ1) is 24.2. The number of rotatable bonds is 7. The van der Waals surface area contributed by atoms with Gasteiger partial charge in [-0.15, -0.1) is 0 Å². The molecule has 0 unspecified atom stereocenters. The zero-order valence-corrected chi connectivity index (χ0v) is 21.2. The molecule has 1 saturated carbocycles. The molecule has 8 nitrogen and oxygen atoms in total. The van der Waals surface area contributed by atoms with E-state index in [1.807, 2.05) is 18.7 Å². The molecule has 2 fully saturated rings. The van der Waals surface area contributed by atoms with Crippen molar-refractivity contribution in [3.05, 3.63) is 41.1 Å². The van der Waals surface area contributed by atoms with Gasteiger partial charge in [0.05, 0.1) is 23.3 Å². The Morgan fingerprint density at radius 3 is 2.75 bits per heavy atom. The van der Waals surface area contributed by atoms with E-state index < -0.39 is 5.82 Å². The van der Waals surface area contributed by atoms with Crippen LogP contribution in [0, 0.1) is 25.6 Å². The molecular weight excluding hydrogens is 461 g/mol. The van der Waals surface area contributed by atoms with Crippen molar-refractivity contribution in [1.82, 2.24) is 25.2 Å². The lowest BCUT2D eigenvalue weighted by Gasteiger charge is -2.20. The quantitative estimate of drug-likeness (QED) is 0.511. The van der Waals surface area contributed by atoms with Crippen molar-refractivity contribution in [2.24, 2.45) is 5.92 Å². The van der Waals surface area contributed by atoms with Gasteiger partial charge in [0, 0.05) is 30.7 Å². The molecule has 1 aliphatic carbocycles. The van der Waals surface area contributed by atoms with Gasteiger partial charge in [0.15, 0.2) is 0 Å². The molecule has 1 aromatic carbocycles. The van der Waals surface area contributed by atoms with Crippen molar-refractivity contribution in [3.63, 3.8) is 0 Å². The molecule has 1 saturated heterocycles. The molecule has 2 aromatic heterocycles. The van der Waals surface area contributed by atoms with Crippen LogP contribution in [-0.2, 0) is 4.79 Å². The predicted octanol–water partition coefficient (Wildman–Crippen LogP) is 4.30. The van der Waals surface area contributed by atoms with Crippen molar-refractivity contribution in [3.8, 4) is 17.0 Å². The molecule has 2 N–H and O–H groups in total. The van der Waals surface area contributed by atoms with E-state index >= 15 is 4.39 Å². The standard InChI is InChI=1S/C27H32FN5O3/c1-5-20(34)33-11-18(10-15(33)3)32-27(35)21-16(4)31-26-24(21)29-13-30-25(26)22-19(36-12-17-7-8-17)9-6-14(2)23(22)28/h6,9,13,15,17-18,31H,5,7-8,10-12H2,1-4H3,(H,32,35)/t15-,18-/m1/s1. The summed E-state index contributed by atoms with van der Waals surface area (Å²) >= 11 is 0. The van der Waals surface area contributed by atoms with Gasteiger partial charge in [0.25, 0.3) is 5.91 Å². The number of H-pyrrole nitrogens is 1. The molecule has 2 amide bonds. The van der Waals surface area contributed by atoms with Gasteiger partial charge in [-0.1, -0.05) is 13.0 Å². The second kappa shape index (κ2) is 9.52. The zero-order valence-electron chi connectivity index (χ0n) is 21.2. The topological polar surface area (TPSA) is 100 Å². The number of amides is 2. The van der Waals surface area contributed by atoms with E-state index in [0.29, 0.717) is 71.2 Å². The van der Waals surface area contributed by atoms with Crippen molar-refractivity contribution in [1.29, 1.82) is 0 Å². The van der Waals surface area contributed by atoms with Crippen LogP contribution < -0.4 is 10.1 Å². The van der Waals surface area contributed by atoms with Crippen LogP contribution in [0.4, 0.5) is 4.39 Å². The van der Waals surface area contributed by atoms with E-state index in [-0.39, 0.29) is 29.5 Å². The maximum Gasteiger partial charge on any atom is 0.255 e. The van der Waals surface area contributed by atoms with Crippen molar-refractivity contribution < 1.29 is 18.7 Å². The lowest BCUT2D eigenvalue weighted by molar-refractivity contribution is -0.131. The lowest BCUT2D eigenvalue weighted by Crippen LogP contribution is -2.39. The van der Waals surface area contributed by atoms with Crippen molar-refractivity contribution in [2.45, 2.75) is 65.5 Å². The first-order chi connectivity index (χ1) is 17.3. The lowest BCUT2D eigenvalue weighted by atomic mass is 10.0. The highest BCUT2D eigenvalue weighted by Gasteiger charge is 2.34. The third-order valence-corrected chi connectivity index (χ3v) is 7.24. The third-order valence-electron chi connectivity index (χ3n) is 7.24. The minimum atomic E-state index is -0.401. The van der Waals surface area contributed by atoms with Gasteiger partial charge in [-0.3, -0.25) is 9.59 Å². The van der Waals surface area contributed by atoms with Gasteiger partial charge in [-0.25, -0.2) is 14.4 Å². The number of halogens is 1. The number of fused-ring (bicyclic) bond motifs is 1. The number of likely N-dealkylation sites (tertiary alicyclic amines) is 1. The van der Waals surface area contributed by atoms with Crippen LogP contribution >= 0.6 is 0 Å². The molecule has 5 rings (SSSR count). The molecule has 0 bridgehead atoms. The van der Waals surface area contributed by atoms with Gasteiger partial charge in [-0.05, 0) is 57.6 Å². The minimum Gasteiger partial charge on any atom is -0.492 e. The fraction of sp³-hybridized carbons (Fsp3) is 0.481. The Morgan fingerprint density at radius 2 is 2.03 bits per heavy atom. The largest absolute Gasteiger partial charge is 0.492 e. The summed E-state index contributed by atoms with van der Waals surface area (Å²) in [6, 6.07) is 3.40. The van der Waals surface area contributed by atoms with E-state index in [9.17, 15) is 9.59 Å². The highest BCUT2D eigenvalue weighted by Crippen LogP contribution is 2.39. The number of carbonyl (C=O) groups excluding carboxylic acids is 2. The SMILES string of the molecule is CCC(=O)N1C[C@H](NC(=O)c2c(C)[nH]c3c(-c4c(OCC5CC5)ccc(C)c4F)ncnc23)C[C@H]1C. The molecule has 3 aromatic rings. The van der Waals surface area contributed by atoms with Gasteiger partial charge in [0.2, 0.25) is 5.91 Å². The van der Waals surface area contributed by atoms with E-state index in [0.717, 1.165) is 12.8 Å². The summed E-state index contributed by atoms with van der Waals surface area (Å²) in [6.07, 6.45) is 4.73. The average molecular weight is 494 g/mol. The summed E-state index contributed by atoms with van der Waals surface area (Å²) in [7, 11) is 0. The van der Waals surface area contributed by atoms with Gasteiger partial charge in [0.1, 0.15) is 29.1 Å². The normalized spacial score (nSPS) is 19.6. The Hall–Kier alpha value is -3.49. The summed E-state index contributed by atoms with van der Waals surface area (Å²) in [4.78, 5) is 39.4. The molecule has 0 radical (unpaired) electrons. The Morgan fingerprint density at radius 1 is 1.25 bits per heavy atom. The molecule has 1 aliphatic heterocycles. The Kier molecular flexibility index (Phi) is 6.40. The highest BCUT2D eigenvalue weighted by molar-refractivity contribution is 6.09. The number of aromatic nitrogens is 3. The smallest absolute Gasteiger partial charge is 0.255 e. The van der Waals surface area contributed by atoms with Gasteiger partial charge in [-0.2, -0.15) is 0 Å². The second-order valence-electron chi connectivity index (χ2n) is 10.0. The fourth-order valence-corrected chi connectivity index (χ4v) is 5.03. The summed E-state index contributed by atoms with van der Waals surface area (Å²) < 4.78 is 21.5. The molecule has 36 heavy (non-hydrogen) atoms. The van der Waals surface area contributed by atoms with Crippen molar-refractivity contribution in [2.75, 3.05) is 13.2 Å². The number of aromatic amines is 1. The molecule has 2 aliphatic rings. The molecule has 3 heterocycles. The van der Waals surface area contributed by atoms with Crippen LogP contribution in [0.2, 0.25) is 0 Å². The number of benzene rings is 1. The van der Waals surface area contributed by atoms with Gasteiger partial charge < -0.3 is 19.9 Å². The summed E-state index contributed by atoms with van der Waals surface area (Å²) in [5.74, 6) is 0.352. The van der Waals surface area contributed by atoms with Crippen LogP contribution in [-0.4, -0.2) is 56.9 Å². The number of aryl methyl sites for hydroxylation is 2. The third kappa shape index (κ3) is 4.42. The fourth-order valence-electron chi connectivity index (χ4n) is 5.03. The predicted molar refractivity (Wildman–Crippen MR) is 134 cm³/mol. The number of carbonyl (C=O) groups is 2. The highest BCUT2D eigenvalue weighted by atomic mass is 19.1. The number of ether oxygens (including phenoxy) is 1. The summed E-state index contributed by atoms with van der Waals surface area (Å²) in [6.45, 7) is 8.36. The first-order valence-corrected chi connectivity index (χ1v) is 12.6. The molecule has 9 heteroatoms. The molecule has 0 spiro atoms. The second-order valence-corrected chi connectivity index (χ2v) is 10.0. The van der Waals surface area contributed by atoms with E-state index in [1.165, 1.54) is 6.33 Å². The summed E-state index contributed by atoms with van der Waals surface area (Å²) in [5.41, 5.74) is 3.05. The number of nitrogens with zero attached hydrogens (tertiary/aromatic N) is 3. The number of nitrogens with one attached hydrogen (secondary N) is 2. The zero-order chi connectivity index (χ0) is 25.6. The van der Waals surface area contributed by atoms with E-state index in [4.69, 9.17) is 4.74 Å². The summed E-state index contributed by atoms with van der Waals surface area (Å²) in [5, 5.41) is 3.07. The molecule has 190 valence electrons. The first-order valence-electron chi connectivity index (χ1n) is 12.6. The maximum atomic E-state index is 15.5. The van der Waals surface area contributed by atoms with Gasteiger partial charge >= 0.3 is 0 Å². The van der Waals surface area contributed by atoms with E-state index in [1.54, 1.807) is 26.0 Å². The monoisotopic (exact) mass is 493 g/mol. The van der Waals surface area contributed by atoms with Crippen molar-refractivity contribution >= 4 is 22.8 Å². The molecule has 2 atom stereocenters. The maximum absolute atomic E-state index is 15.5. The minimum absolute atomic E-state index is 0.0686. The van der Waals surface area contributed by atoms with Crippen LogP contribution in [0.3, 0.4) is 0 Å². The van der Waals surface area contributed by atoms with Crippen LogP contribution in [0.25, 0.3) is 22.3 Å². The average Bonchev–Trinajstić information content (AvgIpc) is 3.52. The van der Waals surface area contributed by atoms with Crippen LogP contribution in [0.1, 0.15) is 61.1 Å². The van der Waals surface area contributed by atoms with Crippen LogP contribution in [0.5, 0.6) is 5.75 Å². The number of hydrogen-bond donors (Lipinski definition) is 2.